The Kier molecular flexibility index (Phi) is 4.74. The van der Waals surface area contributed by atoms with Crippen LogP contribution in [-0.4, -0.2) is 31.1 Å². The largest absolute Gasteiger partial charge is 0.489 e. The predicted molar refractivity (Wildman–Crippen MR) is 107 cm³/mol. The maximum Gasteiger partial charge on any atom is 0.338 e. The van der Waals surface area contributed by atoms with E-state index in [0.717, 1.165) is 22.4 Å². The molecule has 0 saturated carbocycles. The van der Waals surface area contributed by atoms with Crippen molar-refractivity contribution in [2.24, 2.45) is 7.05 Å². The van der Waals surface area contributed by atoms with E-state index in [2.05, 4.69) is 15.3 Å². The summed E-state index contributed by atoms with van der Waals surface area (Å²) in [6.07, 6.45) is 3.11. The number of aromatic nitrogens is 4. The van der Waals surface area contributed by atoms with E-state index in [1.807, 2.05) is 43.7 Å². The highest BCUT2D eigenvalue weighted by Crippen LogP contribution is 2.34. The van der Waals surface area contributed by atoms with Crippen LogP contribution >= 0.6 is 22.9 Å². The molecule has 0 atom stereocenters. The second kappa shape index (κ2) is 7.21. The highest BCUT2D eigenvalue weighted by Gasteiger charge is 2.17. The molecule has 0 spiro atoms. The molecule has 7 nitrogen and oxygen atoms in total. The normalized spacial score (nSPS) is 11.1. The lowest BCUT2D eigenvalue weighted by Gasteiger charge is -2.10. The molecular formula is C19H15ClN4O3S. The van der Waals surface area contributed by atoms with E-state index in [1.165, 1.54) is 17.5 Å². The topological polar surface area (TPSA) is 90.1 Å². The fourth-order valence-corrected chi connectivity index (χ4v) is 4.25. The van der Waals surface area contributed by atoms with E-state index in [-0.39, 0.29) is 17.3 Å². The number of thiophene rings is 1. The van der Waals surface area contributed by atoms with Crippen LogP contribution in [0.4, 0.5) is 0 Å². The first-order valence-corrected chi connectivity index (χ1v) is 9.58. The van der Waals surface area contributed by atoms with Crippen LogP contribution in [0.5, 0.6) is 5.75 Å². The second-order valence-electron chi connectivity index (χ2n) is 6.28. The van der Waals surface area contributed by atoms with Crippen molar-refractivity contribution in [1.29, 1.82) is 0 Å². The summed E-state index contributed by atoms with van der Waals surface area (Å²) < 4.78 is 8.27. The lowest BCUT2D eigenvalue weighted by atomic mass is 10.1. The number of nitrogens with zero attached hydrogens (tertiary/aromatic N) is 4. The minimum atomic E-state index is -1.03. The second-order valence-corrected chi connectivity index (χ2v) is 7.52. The zero-order chi connectivity index (χ0) is 19.8. The van der Waals surface area contributed by atoms with E-state index in [1.54, 1.807) is 4.68 Å². The van der Waals surface area contributed by atoms with E-state index in [9.17, 15) is 9.90 Å². The minimum Gasteiger partial charge on any atom is -0.489 e. The number of carboxylic acids is 1. The minimum absolute atomic E-state index is 0.136. The first-order chi connectivity index (χ1) is 13.4. The molecule has 28 heavy (non-hydrogen) atoms. The van der Waals surface area contributed by atoms with Crippen LogP contribution in [-0.2, 0) is 13.7 Å². The van der Waals surface area contributed by atoms with Gasteiger partial charge in [0, 0.05) is 29.8 Å². The van der Waals surface area contributed by atoms with Gasteiger partial charge in [-0.15, -0.1) is 16.4 Å². The molecule has 4 aromatic rings. The number of aromatic carboxylic acids is 1. The molecule has 3 heterocycles. The van der Waals surface area contributed by atoms with Crippen LogP contribution in [0.2, 0.25) is 5.15 Å². The number of fused-ring (bicyclic) bond motifs is 1. The highest BCUT2D eigenvalue weighted by atomic mass is 35.5. The Balaban J connectivity index is 1.65. The molecule has 0 fully saturated rings. The number of carbonyl (C=O) groups is 1. The summed E-state index contributed by atoms with van der Waals surface area (Å²) in [5, 5.41) is 20.2. The molecule has 0 bridgehead atoms. The summed E-state index contributed by atoms with van der Waals surface area (Å²) >= 11 is 7.55. The number of carboxylic acid groups (broad SMARTS) is 1. The summed E-state index contributed by atoms with van der Waals surface area (Å²) in [5.74, 6) is -0.322. The Morgan fingerprint density at radius 2 is 2.21 bits per heavy atom. The van der Waals surface area contributed by atoms with Crippen molar-refractivity contribution in [3.63, 3.8) is 0 Å². The Hall–Kier alpha value is -2.97. The quantitative estimate of drug-likeness (QED) is 0.489. The van der Waals surface area contributed by atoms with Gasteiger partial charge in [-0.25, -0.2) is 9.78 Å². The van der Waals surface area contributed by atoms with Crippen LogP contribution < -0.4 is 4.74 Å². The van der Waals surface area contributed by atoms with Crippen LogP contribution in [0, 0.1) is 6.92 Å². The molecule has 1 N–H and O–H groups in total. The highest BCUT2D eigenvalue weighted by molar-refractivity contribution is 7.17. The molecule has 0 aliphatic rings. The van der Waals surface area contributed by atoms with Crippen LogP contribution in [0.15, 0.2) is 36.0 Å². The van der Waals surface area contributed by atoms with Gasteiger partial charge in [-0.2, -0.15) is 0 Å². The van der Waals surface area contributed by atoms with Gasteiger partial charge in [-0.1, -0.05) is 28.9 Å². The number of aryl methyl sites for hydroxylation is 2. The third-order valence-electron chi connectivity index (χ3n) is 4.33. The molecule has 0 unspecified atom stereocenters. The Morgan fingerprint density at radius 3 is 2.93 bits per heavy atom. The van der Waals surface area contributed by atoms with Gasteiger partial charge < -0.3 is 9.84 Å². The van der Waals surface area contributed by atoms with E-state index in [0.29, 0.717) is 15.8 Å². The summed E-state index contributed by atoms with van der Waals surface area (Å²) in [6, 6.07) is 5.84. The molecule has 0 radical (unpaired) electrons. The summed E-state index contributed by atoms with van der Waals surface area (Å²) in [6.45, 7) is 2.20. The molecule has 0 aliphatic heterocycles. The van der Waals surface area contributed by atoms with E-state index < -0.39 is 5.97 Å². The fraction of sp³-hybridized carbons (Fsp3) is 0.158. The lowest BCUT2D eigenvalue weighted by Crippen LogP contribution is -2.00. The third kappa shape index (κ3) is 3.32. The zero-order valence-corrected chi connectivity index (χ0v) is 16.6. The van der Waals surface area contributed by atoms with Crippen molar-refractivity contribution in [2.75, 3.05) is 0 Å². The van der Waals surface area contributed by atoms with Crippen molar-refractivity contribution in [3.05, 3.63) is 57.8 Å². The van der Waals surface area contributed by atoms with Gasteiger partial charge in [0.15, 0.2) is 0 Å². The Bertz CT molecular complexity index is 1200. The maximum atomic E-state index is 11.4. The van der Waals surface area contributed by atoms with Gasteiger partial charge in [0.05, 0.1) is 16.5 Å². The number of hydrogen-bond donors (Lipinski definition) is 1. The monoisotopic (exact) mass is 414 g/mol. The van der Waals surface area contributed by atoms with Crippen molar-refractivity contribution >= 4 is 39.0 Å². The number of halogens is 1. The molecular weight excluding hydrogens is 400 g/mol. The summed E-state index contributed by atoms with van der Waals surface area (Å²) in [4.78, 5) is 15.4. The molecule has 0 aliphatic carbocycles. The maximum absolute atomic E-state index is 11.4. The van der Waals surface area contributed by atoms with Gasteiger partial charge >= 0.3 is 5.97 Å². The molecule has 0 saturated heterocycles. The van der Waals surface area contributed by atoms with Crippen molar-refractivity contribution in [3.8, 4) is 17.0 Å². The number of ether oxygens (including phenoxy) is 1. The van der Waals surface area contributed by atoms with E-state index in [4.69, 9.17) is 16.3 Å². The van der Waals surface area contributed by atoms with Gasteiger partial charge in [-0.05, 0) is 23.9 Å². The van der Waals surface area contributed by atoms with Crippen molar-refractivity contribution in [1.82, 2.24) is 20.0 Å². The van der Waals surface area contributed by atoms with Gasteiger partial charge in [0.1, 0.15) is 23.2 Å². The number of pyridine rings is 1. The summed E-state index contributed by atoms with van der Waals surface area (Å²) in [5.41, 5.74) is 3.56. The average Bonchev–Trinajstić information content (AvgIpc) is 3.28. The summed E-state index contributed by atoms with van der Waals surface area (Å²) in [7, 11) is 1.81. The third-order valence-corrected chi connectivity index (χ3v) is 5.67. The first kappa shape index (κ1) is 18.4. The van der Waals surface area contributed by atoms with Crippen LogP contribution in [0.25, 0.3) is 21.3 Å². The smallest absolute Gasteiger partial charge is 0.338 e. The van der Waals surface area contributed by atoms with Crippen molar-refractivity contribution < 1.29 is 14.6 Å². The lowest BCUT2D eigenvalue weighted by molar-refractivity contribution is 0.0699. The molecule has 3 aromatic heterocycles. The van der Waals surface area contributed by atoms with Crippen LogP contribution in [0.3, 0.4) is 0 Å². The molecule has 4 rings (SSSR count). The predicted octanol–water partition coefficient (Wildman–Crippen LogP) is 4.33. The molecule has 142 valence electrons. The Labute approximate surface area is 169 Å². The number of rotatable bonds is 5. The van der Waals surface area contributed by atoms with Crippen LogP contribution in [0.1, 0.15) is 21.5 Å². The molecule has 1 aromatic carbocycles. The van der Waals surface area contributed by atoms with E-state index >= 15 is 0 Å². The standard InChI is InChI=1S/C19H15ClN4O3S/c1-10-3-4-11(14-7-24(2)23-22-14)5-15(10)27-8-12-9-28-17-13(19(25)26)6-21-18(20)16(12)17/h3-7,9H,8H2,1-2H3,(H,25,26). The van der Waals surface area contributed by atoms with Crippen molar-refractivity contribution in [2.45, 2.75) is 13.5 Å². The zero-order valence-electron chi connectivity index (χ0n) is 15.0. The number of hydrogen-bond acceptors (Lipinski definition) is 6. The number of benzene rings is 1. The average molecular weight is 415 g/mol. The molecule has 0 amide bonds. The molecule has 9 heteroatoms. The Morgan fingerprint density at radius 1 is 1.39 bits per heavy atom. The SMILES string of the molecule is Cc1ccc(-c2cn(C)nn2)cc1OCc1csc2c(C(=O)O)cnc(Cl)c12. The first-order valence-electron chi connectivity index (χ1n) is 8.32. The fourth-order valence-electron chi connectivity index (χ4n) is 2.87. The van der Waals surface area contributed by atoms with Gasteiger partial charge in [-0.3, -0.25) is 4.68 Å². The van der Waals surface area contributed by atoms with Gasteiger partial charge in [0.2, 0.25) is 0 Å². The van der Waals surface area contributed by atoms with Gasteiger partial charge in [0.25, 0.3) is 0 Å².